The van der Waals surface area contributed by atoms with E-state index in [9.17, 15) is 0 Å². The van der Waals surface area contributed by atoms with Crippen molar-refractivity contribution in [3.63, 3.8) is 0 Å². The molecule has 20 heavy (non-hydrogen) atoms. The molecule has 0 spiro atoms. The van der Waals surface area contributed by atoms with Gasteiger partial charge in [0.2, 0.25) is 0 Å². The van der Waals surface area contributed by atoms with Crippen molar-refractivity contribution in [3.8, 4) is 0 Å². The normalized spacial score (nSPS) is 17.2. The number of halogens is 2. The molecule has 0 unspecified atom stereocenters. The number of nitrogens with zero attached hydrogens (tertiary/aromatic N) is 3. The Balaban J connectivity index is 2.18. The van der Waals surface area contributed by atoms with Gasteiger partial charge in [0.25, 0.3) is 0 Å². The average Bonchev–Trinajstić information content (AvgIpc) is 2.96. The minimum Gasteiger partial charge on any atom is -0.216 e. The highest BCUT2D eigenvalue weighted by Crippen LogP contribution is 2.41. The lowest BCUT2D eigenvalue weighted by atomic mass is 9.93. The van der Waals surface area contributed by atoms with E-state index in [0.717, 1.165) is 29.7 Å². The summed E-state index contributed by atoms with van der Waals surface area (Å²) in [4.78, 5) is 4.50. The highest BCUT2D eigenvalue weighted by molar-refractivity contribution is 6.35. The Morgan fingerprint density at radius 3 is 2.45 bits per heavy atom. The molecule has 0 N–H and O–H groups in total. The molecule has 2 heterocycles. The van der Waals surface area contributed by atoms with Crippen molar-refractivity contribution in [3.05, 3.63) is 27.6 Å². The van der Waals surface area contributed by atoms with E-state index in [0.29, 0.717) is 16.2 Å². The summed E-state index contributed by atoms with van der Waals surface area (Å²) >= 11 is 12.9. The lowest BCUT2D eigenvalue weighted by molar-refractivity contribution is 0.562. The van der Waals surface area contributed by atoms with Gasteiger partial charge in [0.15, 0.2) is 5.65 Å². The topological polar surface area (TPSA) is 30.2 Å². The minimum atomic E-state index is -0.0307. The van der Waals surface area contributed by atoms with Crippen LogP contribution < -0.4 is 0 Å². The molecule has 1 aliphatic rings. The molecule has 0 radical (unpaired) electrons. The van der Waals surface area contributed by atoms with Gasteiger partial charge in [0, 0.05) is 17.0 Å². The third-order valence-electron chi connectivity index (χ3n) is 4.07. The quantitative estimate of drug-likeness (QED) is 0.694. The fourth-order valence-electron chi connectivity index (χ4n) is 2.87. The summed E-state index contributed by atoms with van der Waals surface area (Å²) < 4.78 is 1.74. The SMILES string of the molecule is CC(C)(C)c1cc2nc(Cl)c(C3CCCC3)c(Cl)n2n1. The van der Waals surface area contributed by atoms with Crippen LogP contribution in [0.15, 0.2) is 6.07 Å². The van der Waals surface area contributed by atoms with Crippen LogP contribution in [0.1, 0.15) is 63.6 Å². The molecule has 1 fully saturated rings. The molecule has 1 aliphatic carbocycles. The molecule has 108 valence electrons. The van der Waals surface area contributed by atoms with E-state index in [1.165, 1.54) is 12.8 Å². The van der Waals surface area contributed by atoms with Crippen molar-refractivity contribution >= 4 is 28.8 Å². The molecular formula is C15H19Cl2N3. The van der Waals surface area contributed by atoms with Gasteiger partial charge in [-0.25, -0.2) is 9.50 Å². The van der Waals surface area contributed by atoms with Crippen LogP contribution in [0.4, 0.5) is 0 Å². The van der Waals surface area contributed by atoms with Crippen LogP contribution in [-0.4, -0.2) is 14.6 Å². The second-order valence-electron chi connectivity index (χ2n) is 6.64. The van der Waals surface area contributed by atoms with Gasteiger partial charge in [-0.2, -0.15) is 5.10 Å². The highest BCUT2D eigenvalue weighted by atomic mass is 35.5. The summed E-state index contributed by atoms with van der Waals surface area (Å²) in [5, 5.41) is 5.78. The highest BCUT2D eigenvalue weighted by Gasteiger charge is 2.26. The average molecular weight is 312 g/mol. The summed E-state index contributed by atoms with van der Waals surface area (Å²) in [6.45, 7) is 6.38. The van der Waals surface area contributed by atoms with Crippen molar-refractivity contribution in [1.82, 2.24) is 14.6 Å². The Hall–Kier alpha value is -0.800. The first kappa shape index (κ1) is 14.2. The molecule has 1 saturated carbocycles. The fourth-order valence-corrected chi connectivity index (χ4v) is 3.62. The molecule has 2 aromatic heterocycles. The zero-order valence-corrected chi connectivity index (χ0v) is 13.6. The molecule has 0 amide bonds. The van der Waals surface area contributed by atoms with E-state index < -0.39 is 0 Å². The Labute approximate surface area is 129 Å². The number of aromatic nitrogens is 3. The van der Waals surface area contributed by atoms with Gasteiger partial charge in [-0.15, -0.1) is 0 Å². The predicted octanol–water partition coefficient (Wildman–Crippen LogP) is 4.99. The van der Waals surface area contributed by atoms with Gasteiger partial charge in [-0.05, 0) is 18.8 Å². The van der Waals surface area contributed by atoms with Crippen molar-refractivity contribution < 1.29 is 0 Å². The Bertz CT molecular complexity index is 649. The van der Waals surface area contributed by atoms with Crippen molar-refractivity contribution in [2.45, 2.75) is 57.8 Å². The maximum atomic E-state index is 6.57. The van der Waals surface area contributed by atoms with Crippen LogP contribution in [0.25, 0.3) is 5.65 Å². The van der Waals surface area contributed by atoms with Crippen molar-refractivity contribution in [1.29, 1.82) is 0 Å². The summed E-state index contributed by atoms with van der Waals surface area (Å²) in [6.07, 6.45) is 4.75. The Morgan fingerprint density at radius 2 is 1.85 bits per heavy atom. The first-order valence-corrected chi connectivity index (χ1v) is 7.88. The van der Waals surface area contributed by atoms with Crippen LogP contribution in [0, 0.1) is 0 Å². The maximum Gasteiger partial charge on any atom is 0.158 e. The first-order valence-electron chi connectivity index (χ1n) is 7.13. The van der Waals surface area contributed by atoms with Crippen LogP contribution in [0.3, 0.4) is 0 Å². The van der Waals surface area contributed by atoms with Gasteiger partial charge < -0.3 is 0 Å². The van der Waals surface area contributed by atoms with Crippen LogP contribution >= 0.6 is 23.2 Å². The molecule has 2 aromatic rings. The molecule has 0 atom stereocenters. The zero-order chi connectivity index (χ0) is 14.5. The smallest absolute Gasteiger partial charge is 0.158 e. The van der Waals surface area contributed by atoms with Crippen LogP contribution in [0.5, 0.6) is 0 Å². The molecule has 0 saturated heterocycles. The molecule has 0 bridgehead atoms. The monoisotopic (exact) mass is 311 g/mol. The zero-order valence-electron chi connectivity index (χ0n) is 12.1. The maximum absolute atomic E-state index is 6.57. The van der Waals surface area contributed by atoms with Crippen LogP contribution in [0.2, 0.25) is 10.3 Å². The van der Waals surface area contributed by atoms with E-state index in [1.54, 1.807) is 4.52 Å². The fraction of sp³-hybridized carbons (Fsp3) is 0.600. The second kappa shape index (κ2) is 4.88. The Morgan fingerprint density at radius 1 is 1.20 bits per heavy atom. The van der Waals surface area contributed by atoms with Crippen molar-refractivity contribution in [2.75, 3.05) is 0 Å². The van der Waals surface area contributed by atoms with Crippen LogP contribution in [-0.2, 0) is 5.41 Å². The summed E-state index contributed by atoms with van der Waals surface area (Å²) in [6, 6.07) is 1.97. The summed E-state index contributed by atoms with van der Waals surface area (Å²) in [7, 11) is 0. The molecule has 5 heteroatoms. The third-order valence-corrected chi connectivity index (χ3v) is 4.72. The number of rotatable bonds is 1. The van der Waals surface area contributed by atoms with E-state index in [4.69, 9.17) is 23.2 Å². The van der Waals surface area contributed by atoms with E-state index in [2.05, 4.69) is 30.9 Å². The van der Waals surface area contributed by atoms with Gasteiger partial charge in [-0.1, -0.05) is 56.8 Å². The van der Waals surface area contributed by atoms with E-state index >= 15 is 0 Å². The Kier molecular flexibility index (Phi) is 3.46. The van der Waals surface area contributed by atoms with Crippen molar-refractivity contribution in [2.24, 2.45) is 0 Å². The second-order valence-corrected chi connectivity index (χ2v) is 7.35. The summed E-state index contributed by atoms with van der Waals surface area (Å²) in [5.74, 6) is 0.425. The van der Waals surface area contributed by atoms with E-state index in [1.807, 2.05) is 6.07 Å². The molecule has 0 aromatic carbocycles. The number of fused-ring (bicyclic) bond motifs is 1. The standard InChI is InChI=1S/C15H19Cl2N3/c1-15(2,3)10-8-11-18-13(16)12(9-6-4-5-7-9)14(17)20(11)19-10/h8-9H,4-7H2,1-3H3. The van der Waals surface area contributed by atoms with Gasteiger partial charge in [0.1, 0.15) is 10.3 Å². The molecule has 3 rings (SSSR count). The molecule has 3 nitrogen and oxygen atoms in total. The predicted molar refractivity (Wildman–Crippen MR) is 82.9 cm³/mol. The first-order chi connectivity index (χ1) is 9.38. The number of hydrogen-bond acceptors (Lipinski definition) is 2. The third kappa shape index (κ3) is 2.31. The van der Waals surface area contributed by atoms with E-state index in [-0.39, 0.29) is 5.41 Å². The molecular weight excluding hydrogens is 293 g/mol. The van der Waals surface area contributed by atoms with Gasteiger partial charge in [0.05, 0.1) is 5.69 Å². The molecule has 0 aliphatic heterocycles. The van der Waals surface area contributed by atoms with Gasteiger partial charge >= 0.3 is 0 Å². The minimum absolute atomic E-state index is 0.0307. The van der Waals surface area contributed by atoms with Gasteiger partial charge in [-0.3, -0.25) is 0 Å². The number of hydrogen-bond donors (Lipinski definition) is 0. The lowest BCUT2D eigenvalue weighted by Gasteiger charge is -2.14. The lowest BCUT2D eigenvalue weighted by Crippen LogP contribution is -2.12. The largest absolute Gasteiger partial charge is 0.216 e. The summed E-state index contributed by atoms with van der Waals surface area (Å²) in [5.41, 5.74) is 2.65.